The van der Waals surface area contributed by atoms with Crippen LogP contribution in [0.3, 0.4) is 0 Å². The summed E-state index contributed by atoms with van der Waals surface area (Å²) >= 11 is 0. The first kappa shape index (κ1) is 12.6. The van der Waals surface area contributed by atoms with Gasteiger partial charge in [-0.1, -0.05) is 6.07 Å². The van der Waals surface area contributed by atoms with E-state index in [9.17, 15) is 4.79 Å². The summed E-state index contributed by atoms with van der Waals surface area (Å²) in [5.41, 5.74) is 10.6. The molecule has 2 N–H and O–H groups in total. The van der Waals surface area contributed by atoms with Gasteiger partial charge in [0.2, 0.25) is 5.91 Å². The Kier molecular flexibility index (Phi) is 2.89. The Labute approximate surface area is 117 Å². The van der Waals surface area contributed by atoms with E-state index in [4.69, 9.17) is 5.73 Å². The molecule has 5 heteroatoms. The van der Waals surface area contributed by atoms with E-state index < -0.39 is 0 Å². The van der Waals surface area contributed by atoms with Gasteiger partial charge in [0.25, 0.3) is 0 Å². The van der Waals surface area contributed by atoms with Crippen molar-refractivity contribution >= 4 is 17.4 Å². The molecule has 20 heavy (non-hydrogen) atoms. The van der Waals surface area contributed by atoms with Crippen molar-refractivity contribution in [2.24, 2.45) is 0 Å². The molecule has 1 aromatic carbocycles. The van der Waals surface area contributed by atoms with Crippen LogP contribution in [0.4, 0.5) is 11.5 Å². The minimum atomic E-state index is 0.161. The average molecular weight is 268 g/mol. The summed E-state index contributed by atoms with van der Waals surface area (Å²) in [5, 5.41) is 8.09. The summed E-state index contributed by atoms with van der Waals surface area (Å²) in [4.78, 5) is 13.4. The van der Waals surface area contributed by atoms with E-state index in [1.165, 1.54) is 5.56 Å². The molecule has 0 saturated carbocycles. The number of nitrogen functional groups attached to an aromatic ring is 1. The summed E-state index contributed by atoms with van der Waals surface area (Å²) in [6, 6.07) is 7.95. The minimum absolute atomic E-state index is 0.161. The lowest BCUT2D eigenvalue weighted by atomic mass is 9.98. The molecule has 0 unspecified atom stereocenters. The Morgan fingerprint density at radius 2 is 2.00 bits per heavy atom. The molecule has 1 aliphatic heterocycles. The van der Waals surface area contributed by atoms with Crippen LogP contribution >= 0.6 is 0 Å². The number of fused-ring (bicyclic) bond motifs is 1. The summed E-state index contributed by atoms with van der Waals surface area (Å²) < 4.78 is 0. The number of carbonyl (C=O) groups is 1. The molecule has 1 aromatic heterocycles. The van der Waals surface area contributed by atoms with Gasteiger partial charge in [0.15, 0.2) is 0 Å². The van der Waals surface area contributed by atoms with Crippen LogP contribution in [0.2, 0.25) is 0 Å². The van der Waals surface area contributed by atoms with Crippen LogP contribution in [0.15, 0.2) is 24.3 Å². The van der Waals surface area contributed by atoms with Crippen molar-refractivity contribution in [3.05, 3.63) is 35.4 Å². The molecule has 2 heterocycles. The zero-order valence-corrected chi connectivity index (χ0v) is 11.6. The van der Waals surface area contributed by atoms with Gasteiger partial charge in [-0.15, -0.1) is 10.2 Å². The number of benzene rings is 1. The van der Waals surface area contributed by atoms with Gasteiger partial charge in [-0.3, -0.25) is 4.79 Å². The third kappa shape index (κ3) is 2.01. The number of aromatic nitrogens is 2. The van der Waals surface area contributed by atoms with E-state index in [2.05, 4.69) is 16.3 Å². The summed E-state index contributed by atoms with van der Waals surface area (Å²) in [7, 11) is 1.81. The van der Waals surface area contributed by atoms with Gasteiger partial charge in [0.1, 0.15) is 5.82 Å². The third-order valence-electron chi connectivity index (χ3n) is 3.74. The van der Waals surface area contributed by atoms with Crippen LogP contribution in [0.5, 0.6) is 0 Å². The third-order valence-corrected chi connectivity index (χ3v) is 3.74. The summed E-state index contributed by atoms with van der Waals surface area (Å²) in [6.07, 6.45) is 1.33. The fraction of sp³-hybridized carbons (Fsp3) is 0.267. The molecular formula is C15H16N4O. The van der Waals surface area contributed by atoms with Gasteiger partial charge < -0.3 is 10.6 Å². The number of nitrogens with zero attached hydrogens (tertiary/aromatic N) is 3. The average Bonchev–Trinajstić information content (AvgIpc) is 2.45. The van der Waals surface area contributed by atoms with Gasteiger partial charge >= 0.3 is 0 Å². The van der Waals surface area contributed by atoms with Gasteiger partial charge in [0, 0.05) is 24.7 Å². The highest BCUT2D eigenvalue weighted by Gasteiger charge is 2.21. The fourth-order valence-corrected chi connectivity index (χ4v) is 2.45. The molecule has 0 radical (unpaired) electrons. The van der Waals surface area contributed by atoms with Crippen molar-refractivity contribution < 1.29 is 4.79 Å². The number of aryl methyl sites for hydroxylation is 2. The maximum atomic E-state index is 11.7. The lowest BCUT2D eigenvalue weighted by Gasteiger charge is -2.26. The van der Waals surface area contributed by atoms with E-state index in [-0.39, 0.29) is 5.91 Å². The number of carbonyl (C=O) groups excluding carboxylic acids is 1. The molecule has 0 saturated heterocycles. The molecule has 0 fully saturated rings. The predicted molar refractivity (Wildman–Crippen MR) is 78.3 cm³/mol. The molecule has 102 valence electrons. The van der Waals surface area contributed by atoms with Crippen LogP contribution in [0.25, 0.3) is 11.3 Å². The lowest BCUT2D eigenvalue weighted by molar-refractivity contribution is -0.118. The Morgan fingerprint density at radius 3 is 2.75 bits per heavy atom. The van der Waals surface area contributed by atoms with Gasteiger partial charge in [-0.25, -0.2) is 0 Å². The number of amides is 1. The summed E-state index contributed by atoms with van der Waals surface area (Å²) in [6.45, 7) is 1.92. The highest BCUT2D eigenvalue weighted by molar-refractivity contribution is 5.96. The Morgan fingerprint density at radius 1 is 1.20 bits per heavy atom. The van der Waals surface area contributed by atoms with Crippen molar-refractivity contribution in [3.63, 3.8) is 0 Å². The predicted octanol–water partition coefficient (Wildman–Crippen LogP) is 1.94. The van der Waals surface area contributed by atoms with Crippen LogP contribution in [-0.4, -0.2) is 23.2 Å². The number of rotatable bonds is 1. The molecule has 3 rings (SSSR count). The van der Waals surface area contributed by atoms with E-state index in [0.717, 1.165) is 28.9 Å². The number of hydrogen-bond acceptors (Lipinski definition) is 4. The quantitative estimate of drug-likeness (QED) is 0.858. The number of nitrogens with two attached hydrogens (primary N) is 1. The highest BCUT2D eigenvalue weighted by atomic mass is 16.2. The molecule has 0 atom stereocenters. The fourth-order valence-electron chi connectivity index (χ4n) is 2.45. The van der Waals surface area contributed by atoms with Crippen LogP contribution in [0, 0.1) is 6.92 Å². The molecule has 0 aliphatic carbocycles. The SMILES string of the molecule is Cc1cc(-c2ccc3c(c2)CCC(=O)N3C)nnc1N. The molecule has 0 bridgehead atoms. The van der Waals surface area contributed by atoms with Crippen LogP contribution in [-0.2, 0) is 11.2 Å². The Balaban J connectivity index is 2.04. The monoisotopic (exact) mass is 268 g/mol. The molecule has 1 aliphatic rings. The van der Waals surface area contributed by atoms with E-state index >= 15 is 0 Å². The molecule has 1 amide bonds. The van der Waals surface area contributed by atoms with Crippen molar-refractivity contribution in [1.82, 2.24) is 10.2 Å². The normalized spacial score (nSPS) is 14.3. The van der Waals surface area contributed by atoms with Crippen molar-refractivity contribution in [1.29, 1.82) is 0 Å². The first-order valence-electron chi connectivity index (χ1n) is 6.56. The first-order chi connectivity index (χ1) is 9.56. The number of anilines is 2. The van der Waals surface area contributed by atoms with Gasteiger partial charge in [-0.05, 0) is 42.7 Å². The topological polar surface area (TPSA) is 72.1 Å². The lowest BCUT2D eigenvalue weighted by Crippen LogP contribution is -2.30. The summed E-state index contributed by atoms with van der Waals surface area (Å²) in [5.74, 6) is 0.616. The second kappa shape index (κ2) is 4.59. The first-order valence-corrected chi connectivity index (χ1v) is 6.56. The smallest absolute Gasteiger partial charge is 0.227 e. The van der Waals surface area contributed by atoms with Crippen molar-refractivity contribution in [2.75, 3.05) is 17.7 Å². The van der Waals surface area contributed by atoms with Gasteiger partial charge in [-0.2, -0.15) is 0 Å². The minimum Gasteiger partial charge on any atom is -0.382 e. The Hall–Kier alpha value is -2.43. The van der Waals surface area contributed by atoms with Crippen molar-refractivity contribution in [3.8, 4) is 11.3 Å². The van der Waals surface area contributed by atoms with Gasteiger partial charge in [0.05, 0.1) is 5.69 Å². The molecule has 5 nitrogen and oxygen atoms in total. The highest BCUT2D eigenvalue weighted by Crippen LogP contribution is 2.30. The Bertz CT molecular complexity index is 696. The van der Waals surface area contributed by atoms with Crippen molar-refractivity contribution in [2.45, 2.75) is 19.8 Å². The number of hydrogen-bond donors (Lipinski definition) is 1. The zero-order chi connectivity index (χ0) is 14.3. The molecular weight excluding hydrogens is 252 g/mol. The van der Waals surface area contributed by atoms with Crippen LogP contribution in [0.1, 0.15) is 17.5 Å². The van der Waals surface area contributed by atoms with E-state index in [0.29, 0.717) is 12.2 Å². The molecule has 2 aromatic rings. The second-order valence-electron chi connectivity index (χ2n) is 5.09. The largest absolute Gasteiger partial charge is 0.382 e. The standard InChI is InChI=1S/C15H16N4O/c1-9-7-12(17-18-15(9)16)10-3-5-13-11(8-10)4-6-14(20)19(13)2/h3,5,7-8H,4,6H2,1-2H3,(H2,16,18). The maximum Gasteiger partial charge on any atom is 0.227 e. The maximum absolute atomic E-state index is 11.7. The van der Waals surface area contributed by atoms with Crippen LogP contribution < -0.4 is 10.6 Å². The zero-order valence-electron chi connectivity index (χ0n) is 11.6. The molecule has 0 spiro atoms. The second-order valence-corrected chi connectivity index (χ2v) is 5.09. The van der Waals surface area contributed by atoms with E-state index in [1.807, 2.05) is 32.2 Å². The van der Waals surface area contributed by atoms with E-state index in [1.54, 1.807) is 4.90 Å².